The molecule has 318 valence electrons. The van der Waals surface area contributed by atoms with Crippen molar-refractivity contribution in [3.8, 4) is 11.5 Å². The van der Waals surface area contributed by atoms with Gasteiger partial charge < -0.3 is 9.47 Å². The molecule has 0 fully saturated rings. The predicted octanol–water partition coefficient (Wildman–Crippen LogP) is 14.0. The van der Waals surface area contributed by atoms with Crippen molar-refractivity contribution in [2.45, 2.75) is 207 Å². The number of hydrogen-bond donors (Lipinski definition) is 0. The van der Waals surface area contributed by atoms with Gasteiger partial charge in [0.15, 0.2) is 12.4 Å². The molecule has 0 spiro atoms. The molecule has 0 aliphatic heterocycles. The quantitative estimate of drug-likeness (QED) is 0.0209. The van der Waals surface area contributed by atoms with Gasteiger partial charge in [-0.25, -0.2) is 0 Å². The number of para-hydroxylation sites is 2. The van der Waals surface area contributed by atoms with Gasteiger partial charge in [0, 0.05) is 37.8 Å². The monoisotopic (exact) mass is 795 g/mol. The molecule has 0 bridgehead atoms. The van der Waals surface area contributed by atoms with E-state index in [1.54, 1.807) is 0 Å². The first-order valence-electron chi connectivity index (χ1n) is 23.8. The van der Waals surface area contributed by atoms with Crippen LogP contribution in [0.2, 0.25) is 0 Å². The molecule has 58 heavy (non-hydrogen) atoms. The van der Waals surface area contributed by atoms with Crippen molar-refractivity contribution in [1.82, 2.24) is 0 Å². The van der Waals surface area contributed by atoms with E-state index < -0.39 is 0 Å². The maximum absolute atomic E-state index is 12.8. The van der Waals surface area contributed by atoms with E-state index in [-0.39, 0.29) is 11.9 Å². The van der Waals surface area contributed by atoms with Gasteiger partial charge in [-0.2, -0.15) is 9.13 Å². The molecular formula is C52H78N2O4+2. The molecule has 4 rings (SSSR count). The highest BCUT2D eigenvalue weighted by Crippen LogP contribution is 2.25. The van der Waals surface area contributed by atoms with Crippen LogP contribution >= 0.6 is 0 Å². The lowest BCUT2D eigenvalue weighted by molar-refractivity contribution is -0.672. The molecule has 0 saturated carbocycles. The summed E-state index contributed by atoms with van der Waals surface area (Å²) < 4.78 is 16.4. The molecule has 0 amide bonds. The van der Waals surface area contributed by atoms with E-state index in [9.17, 15) is 9.59 Å². The number of unbranched alkanes of at least 4 members (excludes halogenated alkanes) is 23. The van der Waals surface area contributed by atoms with E-state index in [4.69, 9.17) is 9.47 Å². The number of aromatic nitrogens is 2. The van der Waals surface area contributed by atoms with Gasteiger partial charge in [0.2, 0.25) is 11.5 Å². The molecule has 4 aromatic rings. The van der Waals surface area contributed by atoms with Crippen LogP contribution in [-0.4, -0.2) is 11.9 Å². The predicted molar refractivity (Wildman–Crippen MR) is 240 cm³/mol. The number of pyridine rings is 2. The number of rotatable bonds is 33. The number of aryl methyl sites for hydroxylation is 2. The summed E-state index contributed by atoms with van der Waals surface area (Å²) in [5.74, 6) is 1.13. The fraction of sp³-hybridized carbons (Fsp3) is 0.615. The number of carbonyl (C=O) groups is 2. The second-order valence-corrected chi connectivity index (χ2v) is 16.7. The van der Waals surface area contributed by atoms with Crippen LogP contribution in [0.4, 0.5) is 0 Å². The largest absolute Gasteiger partial charge is 0.419 e. The molecule has 0 saturated heterocycles. The number of fused-ring (bicyclic) bond motifs is 2. The second kappa shape index (κ2) is 29.4. The maximum atomic E-state index is 12.8. The molecule has 0 radical (unpaired) electrons. The van der Waals surface area contributed by atoms with Gasteiger partial charge >= 0.3 is 11.9 Å². The molecular weight excluding hydrogens is 717 g/mol. The molecule has 0 aliphatic carbocycles. The Morgan fingerprint density at radius 3 is 1.07 bits per heavy atom. The zero-order chi connectivity index (χ0) is 40.9. The van der Waals surface area contributed by atoms with Crippen molar-refractivity contribution in [2.24, 2.45) is 0 Å². The van der Waals surface area contributed by atoms with Crippen LogP contribution in [0.25, 0.3) is 21.8 Å². The Kier molecular flexibility index (Phi) is 23.8. The molecule has 2 aromatic carbocycles. The fourth-order valence-corrected chi connectivity index (χ4v) is 8.28. The first-order valence-corrected chi connectivity index (χ1v) is 23.8. The van der Waals surface area contributed by atoms with Gasteiger partial charge in [-0.3, -0.25) is 9.59 Å². The summed E-state index contributed by atoms with van der Waals surface area (Å²) in [6, 6.07) is 20.5. The van der Waals surface area contributed by atoms with Crippen LogP contribution < -0.4 is 18.6 Å². The number of nitrogens with zero attached hydrogens (tertiary/aromatic N) is 2. The van der Waals surface area contributed by atoms with E-state index in [1.165, 1.54) is 128 Å². The van der Waals surface area contributed by atoms with Crippen molar-refractivity contribution in [2.75, 3.05) is 0 Å². The van der Waals surface area contributed by atoms with E-state index in [2.05, 4.69) is 71.8 Å². The van der Waals surface area contributed by atoms with Crippen LogP contribution in [0.3, 0.4) is 0 Å². The Labute approximate surface area is 352 Å². The smallest absolute Gasteiger partial charge is 0.311 e. The molecule has 0 unspecified atom stereocenters. The summed E-state index contributed by atoms with van der Waals surface area (Å²) >= 11 is 0. The maximum Gasteiger partial charge on any atom is 0.311 e. The van der Waals surface area contributed by atoms with Crippen molar-refractivity contribution in [1.29, 1.82) is 0 Å². The first kappa shape index (κ1) is 46.9. The van der Waals surface area contributed by atoms with Crippen molar-refractivity contribution in [3.05, 3.63) is 73.1 Å². The van der Waals surface area contributed by atoms with Crippen molar-refractivity contribution < 1.29 is 28.2 Å². The average molecular weight is 795 g/mol. The third-order valence-corrected chi connectivity index (χ3v) is 11.7. The topological polar surface area (TPSA) is 60.4 Å². The number of hydrogen-bond acceptors (Lipinski definition) is 4. The summed E-state index contributed by atoms with van der Waals surface area (Å²) in [7, 11) is 0. The van der Waals surface area contributed by atoms with E-state index >= 15 is 0 Å². The third kappa shape index (κ3) is 18.0. The number of benzene rings is 2. The highest BCUT2D eigenvalue weighted by atomic mass is 16.5. The Balaban J connectivity index is 1.10. The van der Waals surface area contributed by atoms with Gasteiger partial charge in [0.1, 0.15) is 13.1 Å². The van der Waals surface area contributed by atoms with Gasteiger partial charge in [-0.05, 0) is 62.1 Å². The van der Waals surface area contributed by atoms with Crippen LogP contribution in [-0.2, 0) is 22.7 Å². The highest BCUT2D eigenvalue weighted by Gasteiger charge is 2.19. The summed E-state index contributed by atoms with van der Waals surface area (Å²) in [6.45, 7) is 6.35. The summed E-state index contributed by atoms with van der Waals surface area (Å²) in [6.07, 6.45) is 37.1. The normalized spacial score (nSPS) is 11.4. The SMILES string of the molecule is CCCCCCCCCCCC(=O)Oc1cccc2ccc[n+](CCCCCCCCCC[n+]3cccc4cccc(OC(=O)CCCCCCCCCCC)c43)c12. The standard InChI is InChI=1S/C52H78N2O4/c1-3-5-7-9-11-13-17-21-25-39-49(55)57-47-37-29-33-45-35-31-43-53(51(45)47)41-27-23-19-15-16-20-24-28-42-54-44-32-36-46-34-30-38-48(52(46)54)58-50(56)40-26-22-18-14-12-10-8-6-4-2/h29-38,43-44H,3-28,39-42H2,1-2H3/q+2. The number of ether oxygens (including phenoxy) is 2. The van der Waals surface area contributed by atoms with Gasteiger partial charge in [-0.1, -0.05) is 154 Å². The van der Waals surface area contributed by atoms with Gasteiger partial charge in [-0.15, -0.1) is 0 Å². The second-order valence-electron chi connectivity index (χ2n) is 16.7. The minimum absolute atomic E-state index is 0.119. The highest BCUT2D eigenvalue weighted by molar-refractivity contribution is 5.85. The summed E-state index contributed by atoms with van der Waals surface area (Å²) in [5, 5.41) is 2.22. The van der Waals surface area contributed by atoms with Crippen molar-refractivity contribution >= 4 is 33.7 Å². The van der Waals surface area contributed by atoms with Crippen molar-refractivity contribution in [3.63, 3.8) is 0 Å². The molecule has 6 heteroatoms. The van der Waals surface area contributed by atoms with Crippen LogP contribution in [0.15, 0.2) is 73.1 Å². The zero-order valence-corrected chi connectivity index (χ0v) is 36.7. The van der Waals surface area contributed by atoms with Gasteiger partial charge in [0.25, 0.3) is 11.0 Å². The van der Waals surface area contributed by atoms with Gasteiger partial charge in [0.05, 0.1) is 10.8 Å². The average Bonchev–Trinajstić information content (AvgIpc) is 3.23. The lowest BCUT2D eigenvalue weighted by Gasteiger charge is -2.08. The molecule has 2 heterocycles. The molecule has 0 aliphatic rings. The minimum Gasteiger partial charge on any atom is -0.419 e. The zero-order valence-electron chi connectivity index (χ0n) is 36.7. The third-order valence-electron chi connectivity index (χ3n) is 11.7. The molecule has 0 atom stereocenters. The molecule has 6 nitrogen and oxygen atoms in total. The summed E-state index contributed by atoms with van der Waals surface area (Å²) in [4.78, 5) is 25.6. The number of carbonyl (C=O) groups excluding carboxylic acids is 2. The number of esters is 2. The Morgan fingerprint density at radius 2 is 0.707 bits per heavy atom. The Hall–Kier alpha value is -3.80. The molecule has 0 N–H and O–H groups in total. The van der Waals surface area contributed by atoms with E-state index in [0.29, 0.717) is 24.3 Å². The minimum atomic E-state index is -0.119. The Bertz CT molecular complexity index is 1600. The fourth-order valence-electron chi connectivity index (χ4n) is 8.28. The first-order chi connectivity index (χ1) is 28.6. The Morgan fingerprint density at radius 1 is 0.397 bits per heavy atom. The lowest BCUT2D eigenvalue weighted by atomic mass is 10.1. The van der Waals surface area contributed by atoms with Crippen LogP contribution in [0.1, 0.15) is 194 Å². The molecule has 2 aromatic heterocycles. The van der Waals surface area contributed by atoms with Crippen LogP contribution in [0.5, 0.6) is 11.5 Å². The lowest BCUT2D eigenvalue weighted by Crippen LogP contribution is -2.34. The van der Waals surface area contributed by atoms with E-state index in [0.717, 1.165) is 73.4 Å². The van der Waals surface area contributed by atoms with Crippen LogP contribution in [0, 0.1) is 0 Å². The summed E-state index contributed by atoms with van der Waals surface area (Å²) in [5.41, 5.74) is 2.04. The van der Waals surface area contributed by atoms with E-state index in [1.807, 2.05) is 24.3 Å².